The molecule has 0 aliphatic carbocycles. The summed E-state index contributed by atoms with van der Waals surface area (Å²) >= 11 is 3.47. The maximum Gasteiger partial charge on any atom is 0.241 e. The first-order valence-electron chi connectivity index (χ1n) is 11.3. The van der Waals surface area contributed by atoms with Gasteiger partial charge in [-0.05, 0) is 68.6 Å². The van der Waals surface area contributed by atoms with E-state index in [-0.39, 0.29) is 11.8 Å². The van der Waals surface area contributed by atoms with Crippen LogP contribution in [0.4, 0.5) is 5.69 Å². The summed E-state index contributed by atoms with van der Waals surface area (Å²) in [6.45, 7) is 4.48. The molecule has 2 aromatic carbocycles. The van der Waals surface area contributed by atoms with Crippen LogP contribution in [0.15, 0.2) is 57.5 Å². The van der Waals surface area contributed by atoms with Gasteiger partial charge in [0, 0.05) is 21.6 Å². The number of carbonyl (C=O) groups excluding carboxylic acids is 1. The van der Waals surface area contributed by atoms with E-state index in [2.05, 4.69) is 55.3 Å². The van der Waals surface area contributed by atoms with Crippen LogP contribution < -0.4 is 5.32 Å². The molecule has 1 saturated heterocycles. The fraction of sp³-hybridized carbons (Fsp3) is 0.400. The number of hydrogen-bond donors (Lipinski definition) is 1. The first kappa shape index (κ1) is 22.7. The number of amides is 1. The minimum absolute atomic E-state index is 0.0333. The van der Waals surface area contributed by atoms with E-state index in [1.807, 2.05) is 36.4 Å². The Balaban J connectivity index is 1.25. The van der Waals surface area contributed by atoms with Crippen LogP contribution >= 0.6 is 15.9 Å². The summed E-state index contributed by atoms with van der Waals surface area (Å²) in [5, 5.41) is 7.19. The Kier molecular flexibility index (Phi) is 7.71. The number of likely N-dealkylation sites (tertiary alicyclic amines) is 1. The Labute approximate surface area is 197 Å². The fourth-order valence-corrected chi connectivity index (χ4v) is 4.39. The number of unbranched alkanes of at least 4 members (excludes halogenated alkanes) is 1. The summed E-state index contributed by atoms with van der Waals surface area (Å²) in [5.41, 5.74) is 3.12. The quantitative estimate of drug-likeness (QED) is 0.433. The van der Waals surface area contributed by atoms with Gasteiger partial charge < -0.3 is 9.84 Å². The van der Waals surface area contributed by atoms with E-state index in [0.29, 0.717) is 18.3 Å². The molecule has 168 valence electrons. The molecule has 1 aliphatic heterocycles. The molecule has 3 aromatic rings. The molecular formula is C25H29BrN4O2. The summed E-state index contributed by atoms with van der Waals surface area (Å²) in [5.74, 6) is 1.34. The Bertz CT molecular complexity index is 1030. The van der Waals surface area contributed by atoms with Crippen molar-refractivity contribution in [2.24, 2.45) is 5.92 Å². The molecule has 2 heterocycles. The van der Waals surface area contributed by atoms with Gasteiger partial charge in [0.05, 0.1) is 6.54 Å². The fourth-order valence-electron chi connectivity index (χ4n) is 3.99. The van der Waals surface area contributed by atoms with E-state index in [0.717, 1.165) is 48.1 Å². The predicted octanol–water partition coefficient (Wildman–Crippen LogP) is 5.69. The van der Waals surface area contributed by atoms with E-state index >= 15 is 0 Å². The molecule has 0 atom stereocenters. The van der Waals surface area contributed by atoms with Gasteiger partial charge in [-0.3, -0.25) is 9.69 Å². The minimum Gasteiger partial charge on any atom is -0.338 e. The van der Waals surface area contributed by atoms with Crippen molar-refractivity contribution in [2.45, 2.75) is 45.6 Å². The Morgan fingerprint density at radius 2 is 1.97 bits per heavy atom. The number of nitrogens with zero attached hydrogens (tertiary/aromatic N) is 3. The lowest BCUT2D eigenvalue weighted by atomic mass is 9.95. The highest BCUT2D eigenvalue weighted by atomic mass is 79.9. The molecule has 0 spiro atoms. The molecule has 7 heteroatoms. The van der Waals surface area contributed by atoms with Crippen LogP contribution in [-0.2, 0) is 17.8 Å². The number of aryl methyl sites for hydroxylation is 1. The summed E-state index contributed by atoms with van der Waals surface area (Å²) < 4.78 is 6.43. The molecule has 0 saturated carbocycles. The van der Waals surface area contributed by atoms with Crippen molar-refractivity contribution >= 4 is 27.5 Å². The molecule has 4 rings (SSSR count). The number of hydrogen-bond acceptors (Lipinski definition) is 5. The Hall–Kier alpha value is -2.51. The standard InChI is InChI=1S/C25H29BrN4O2/c1-2-3-5-18-8-10-22(11-9-18)27-25(31)19-12-14-30(15-13-19)17-23-28-24(29-32-23)20-6-4-7-21(26)16-20/h4,6-11,16,19H,2-3,5,12-15,17H2,1H3,(H,27,31). The molecular weight excluding hydrogens is 468 g/mol. The number of halogens is 1. The molecule has 1 aliphatic rings. The number of rotatable bonds is 8. The SMILES string of the molecule is CCCCc1ccc(NC(=O)C2CCN(Cc3nc(-c4cccc(Br)c4)no3)CC2)cc1. The van der Waals surface area contributed by atoms with E-state index in [1.165, 1.54) is 18.4 Å². The van der Waals surface area contributed by atoms with Gasteiger partial charge in [0.2, 0.25) is 17.6 Å². The van der Waals surface area contributed by atoms with Crippen LogP contribution in [0.5, 0.6) is 0 Å². The zero-order valence-electron chi connectivity index (χ0n) is 18.4. The van der Waals surface area contributed by atoms with E-state index < -0.39 is 0 Å². The number of anilines is 1. The number of aromatic nitrogens is 2. The summed E-state index contributed by atoms with van der Waals surface area (Å²) in [6.07, 6.45) is 5.13. The zero-order chi connectivity index (χ0) is 22.3. The Morgan fingerprint density at radius 3 is 2.69 bits per heavy atom. The average molecular weight is 497 g/mol. The number of carbonyl (C=O) groups is 1. The molecule has 0 radical (unpaired) electrons. The van der Waals surface area contributed by atoms with Gasteiger partial charge in [-0.1, -0.05) is 58.7 Å². The third-order valence-electron chi connectivity index (χ3n) is 5.91. The molecule has 1 fully saturated rings. The Morgan fingerprint density at radius 1 is 1.19 bits per heavy atom. The number of nitrogens with one attached hydrogen (secondary N) is 1. The topological polar surface area (TPSA) is 71.3 Å². The maximum atomic E-state index is 12.7. The second kappa shape index (κ2) is 10.9. The van der Waals surface area contributed by atoms with E-state index in [9.17, 15) is 4.79 Å². The molecule has 0 unspecified atom stereocenters. The number of piperidine rings is 1. The van der Waals surface area contributed by atoms with Crippen LogP contribution in [0.25, 0.3) is 11.4 Å². The molecule has 1 aromatic heterocycles. The predicted molar refractivity (Wildman–Crippen MR) is 129 cm³/mol. The highest BCUT2D eigenvalue weighted by Crippen LogP contribution is 2.23. The zero-order valence-corrected chi connectivity index (χ0v) is 20.0. The van der Waals surface area contributed by atoms with Crippen LogP contribution in [0.2, 0.25) is 0 Å². The largest absolute Gasteiger partial charge is 0.338 e. The summed E-state index contributed by atoms with van der Waals surface area (Å²) in [6, 6.07) is 16.1. The molecule has 6 nitrogen and oxygen atoms in total. The molecule has 1 amide bonds. The van der Waals surface area contributed by atoms with Gasteiger partial charge in [-0.2, -0.15) is 4.98 Å². The van der Waals surface area contributed by atoms with Crippen molar-refractivity contribution in [1.29, 1.82) is 0 Å². The molecule has 32 heavy (non-hydrogen) atoms. The van der Waals surface area contributed by atoms with Crippen molar-refractivity contribution in [2.75, 3.05) is 18.4 Å². The van der Waals surface area contributed by atoms with Crippen LogP contribution in [0, 0.1) is 5.92 Å². The van der Waals surface area contributed by atoms with Gasteiger partial charge >= 0.3 is 0 Å². The minimum atomic E-state index is 0.0333. The second-order valence-electron chi connectivity index (χ2n) is 8.36. The molecule has 0 bridgehead atoms. The summed E-state index contributed by atoms with van der Waals surface area (Å²) in [4.78, 5) is 19.5. The van der Waals surface area contributed by atoms with Crippen LogP contribution in [0.1, 0.15) is 44.1 Å². The first-order chi connectivity index (χ1) is 15.6. The lowest BCUT2D eigenvalue weighted by Gasteiger charge is -2.30. The van der Waals surface area contributed by atoms with Gasteiger partial charge in [-0.25, -0.2) is 0 Å². The van der Waals surface area contributed by atoms with Crippen molar-refractivity contribution in [3.8, 4) is 11.4 Å². The number of benzene rings is 2. The normalized spacial score (nSPS) is 15.1. The van der Waals surface area contributed by atoms with Crippen LogP contribution in [0.3, 0.4) is 0 Å². The lowest BCUT2D eigenvalue weighted by Crippen LogP contribution is -2.37. The van der Waals surface area contributed by atoms with Gasteiger partial charge in [0.25, 0.3) is 0 Å². The van der Waals surface area contributed by atoms with Gasteiger partial charge in [0.15, 0.2) is 0 Å². The van der Waals surface area contributed by atoms with Crippen LogP contribution in [-0.4, -0.2) is 34.0 Å². The third kappa shape index (κ3) is 6.04. The van der Waals surface area contributed by atoms with E-state index in [1.54, 1.807) is 0 Å². The smallest absolute Gasteiger partial charge is 0.241 e. The van der Waals surface area contributed by atoms with Crippen molar-refractivity contribution in [3.05, 3.63) is 64.5 Å². The highest BCUT2D eigenvalue weighted by molar-refractivity contribution is 9.10. The van der Waals surface area contributed by atoms with Crippen molar-refractivity contribution < 1.29 is 9.32 Å². The van der Waals surface area contributed by atoms with Gasteiger partial charge in [-0.15, -0.1) is 0 Å². The van der Waals surface area contributed by atoms with E-state index in [4.69, 9.17) is 4.52 Å². The van der Waals surface area contributed by atoms with Crippen molar-refractivity contribution in [1.82, 2.24) is 15.0 Å². The average Bonchev–Trinajstić information content (AvgIpc) is 3.27. The summed E-state index contributed by atoms with van der Waals surface area (Å²) in [7, 11) is 0. The van der Waals surface area contributed by atoms with Crippen molar-refractivity contribution in [3.63, 3.8) is 0 Å². The third-order valence-corrected chi connectivity index (χ3v) is 6.40. The monoisotopic (exact) mass is 496 g/mol. The molecule has 1 N–H and O–H groups in total. The van der Waals surface area contributed by atoms with Gasteiger partial charge in [0.1, 0.15) is 0 Å². The second-order valence-corrected chi connectivity index (χ2v) is 9.28. The highest BCUT2D eigenvalue weighted by Gasteiger charge is 2.26. The lowest BCUT2D eigenvalue weighted by molar-refractivity contribution is -0.121. The first-order valence-corrected chi connectivity index (χ1v) is 12.1. The maximum absolute atomic E-state index is 12.7.